The molecule has 23 heavy (non-hydrogen) atoms. The van der Waals surface area contributed by atoms with E-state index in [0.29, 0.717) is 0 Å². The molecule has 0 aliphatic carbocycles. The summed E-state index contributed by atoms with van der Waals surface area (Å²) in [6, 6.07) is 0. The van der Waals surface area contributed by atoms with Crippen molar-refractivity contribution < 1.29 is 14.2 Å². The van der Waals surface area contributed by atoms with Crippen molar-refractivity contribution in [3.05, 3.63) is 0 Å². The number of hydrogen-bond donors (Lipinski definition) is 0. The van der Waals surface area contributed by atoms with Gasteiger partial charge in [-0.05, 0) is 40.5 Å². The first kappa shape index (κ1) is 27.7. The molecular formula is C20H46O3. The van der Waals surface area contributed by atoms with Gasteiger partial charge in [0.15, 0.2) is 0 Å². The standard InChI is InChI=1S/C12H26O.2C4H10O/c1-3-5-7-9-11-13-12-10-8-6-4-2;2*1-3-5-4-2/h3-12H2,1-2H3;2*3-4H2,1-2H3. The van der Waals surface area contributed by atoms with Gasteiger partial charge in [-0.1, -0.05) is 52.4 Å². The highest BCUT2D eigenvalue weighted by Gasteiger charge is 1.90. The van der Waals surface area contributed by atoms with E-state index in [9.17, 15) is 0 Å². The Morgan fingerprint density at radius 3 is 0.957 bits per heavy atom. The molecule has 3 heteroatoms. The Kier molecular flexibility index (Phi) is 40.3. The molecule has 0 aromatic heterocycles. The molecule has 0 aliphatic rings. The minimum atomic E-state index is 0.844. The van der Waals surface area contributed by atoms with Gasteiger partial charge in [-0.2, -0.15) is 0 Å². The average Bonchev–Trinajstić information content (AvgIpc) is 2.56. The van der Waals surface area contributed by atoms with Crippen LogP contribution in [0.5, 0.6) is 0 Å². The summed E-state index contributed by atoms with van der Waals surface area (Å²) in [7, 11) is 0. The van der Waals surface area contributed by atoms with Crippen molar-refractivity contribution in [3.63, 3.8) is 0 Å². The normalized spacial score (nSPS) is 9.65. The highest BCUT2D eigenvalue weighted by atomic mass is 16.5. The van der Waals surface area contributed by atoms with Crippen LogP contribution >= 0.6 is 0 Å². The second-order valence-electron chi connectivity index (χ2n) is 5.30. The average molecular weight is 335 g/mol. The first-order valence-corrected chi connectivity index (χ1v) is 9.97. The van der Waals surface area contributed by atoms with Gasteiger partial charge >= 0.3 is 0 Å². The molecule has 0 atom stereocenters. The second-order valence-corrected chi connectivity index (χ2v) is 5.30. The number of rotatable bonds is 14. The van der Waals surface area contributed by atoms with Gasteiger partial charge in [0.05, 0.1) is 0 Å². The molecule has 0 saturated carbocycles. The van der Waals surface area contributed by atoms with Crippen molar-refractivity contribution in [3.8, 4) is 0 Å². The lowest BCUT2D eigenvalue weighted by atomic mass is 10.2. The third-order valence-corrected chi connectivity index (χ3v) is 3.10. The Morgan fingerprint density at radius 2 is 0.739 bits per heavy atom. The minimum absolute atomic E-state index is 0.844. The zero-order valence-corrected chi connectivity index (χ0v) is 17.1. The molecule has 0 amide bonds. The Hall–Kier alpha value is -0.120. The van der Waals surface area contributed by atoms with E-state index >= 15 is 0 Å². The summed E-state index contributed by atoms with van der Waals surface area (Å²) in [4.78, 5) is 0. The molecular weight excluding hydrogens is 288 g/mol. The molecule has 0 unspecified atom stereocenters. The van der Waals surface area contributed by atoms with E-state index in [1.807, 2.05) is 27.7 Å². The molecule has 0 heterocycles. The monoisotopic (exact) mass is 334 g/mol. The molecule has 0 spiro atoms. The van der Waals surface area contributed by atoms with Gasteiger partial charge in [-0.15, -0.1) is 0 Å². The predicted octanol–water partition coefficient (Wildman–Crippen LogP) is 6.25. The van der Waals surface area contributed by atoms with Crippen molar-refractivity contribution >= 4 is 0 Å². The number of unbranched alkanes of at least 4 members (excludes halogenated alkanes) is 6. The third kappa shape index (κ3) is 44.9. The Labute approximate surface area is 147 Å². The maximum absolute atomic E-state index is 5.53. The van der Waals surface area contributed by atoms with Crippen LogP contribution in [0.15, 0.2) is 0 Å². The number of hydrogen-bond acceptors (Lipinski definition) is 3. The molecule has 0 aromatic rings. The molecule has 144 valence electrons. The van der Waals surface area contributed by atoms with Gasteiger partial charge < -0.3 is 14.2 Å². The van der Waals surface area contributed by atoms with Crippen LogP contribution in [0.4, 0.5) is 0 Å². The maximum atomic E-state index is 5.53. The van der Waals surface area contributed by atoms with Gasteiger partial charge in [0.2, 0.25) is 0 Å². The van der Waals surface area contributed by atoms with Crippen LogP contribution in [0, 0.1) is 0 Å². The zero-order valence-electron chi connectivity index (χ0n) is 17.1. The van der Waals surface area contributed by atoms with E-state index in [1.54, 1.807) is 0 Å². The Balaban J connectivity index is -0.000000329. The zero-order chi connectivity index (χ0) is 18.0. The molecule has 3 nitrogen and oxygen atoms in total. The van der Waals surface area contributed by atoms with Crippen molar-refractivity contribution in [2.75, 3.05) is 39.6 Å². The summed E-state index contributed by atoms with van der Waals surface area (Å²) in [5, 5.41) is 0. The summed E-state index contributed by atoms with van der Waals surface area (Å²) in [6.45, 7) is 17.8. The molecule has 0 aliphatic heterocycles. The summed E-state index contributed by atoms with van der Waals surface area (Å²) < 4.78 is 15.2. The lowest BCUT2D eigenvalue weighted by Crippen LogP contribution is -1.96. The van der Waals surface area contributed by atoms with E-state index < -0.39 is 0 Å². The van der Waals surface area contributed by atoms with Crippen molar-refractivity contribution in [1.82, 2.24) is 0 Å². The topological polar surface area (TPSA) is 27.7 Å². The molecule has 0 bridgehead atoms. The molecule has 0 N–H and O–H groups in total. The lowest BCUT2D eigenvalue weighted by Gasteiger charge is -2.03. The fourth-order valence-electron chi connectivity index (χ4n) is 1.77. The molecule has 0 saturated heterocycles. The quantitative estimate of drug-likeness (QED) is 0.351. The van der Waals surface area contributed by atoms with Gasteiger partial charge in [-0.3, -0.25) is 0 Å². The Bertz CT molecular complexity index is 132. The SMILES string of the molecule is CCCCCCOCCCCCC.CCOCC.CCOCC. The summed E-state index contributed by atoms with van der Waals surface area (Å²) in [5.74, 6) is 0. The fourth-order valence-corrected chi connectivity index (χ4v) is 1.77. The Morgan fingerprint density at radius 1 is 0.391 bits per heavy atom. The highest BCUT2D eigenvalue weighted by Crippen LogP contribution is 2.01. The van der Waals surface area contributed by atoms with E-state index in [2.05, 4.69) is 13.8 Å². The summed E-state index contributed by atoms with van der Waals surface area (Å²) in [6.07, 6.45) is 10.5. The van der Waals surface area contributed by atoms with Crippen LogP contribution in [0.2, 0.25) is 0 Å². The van der Waals surface area contributed by atoms with Gasteiger partial charge in [0.1, 0.15) is 0 Å². The third-order valence-electron chi connectivity index (χ3n) is 3.10. The van der Waals surface area contributed by atoms with Crippen molar-refractivity contribution in [2.24, 2.45) is 0 Å². The van der Waals surface area contributed by atoms with Crippen LogP contribution in [0.1, 0.15) is 92.9 Å². The number of ether oxygens (including phenoxy) is 3. The summed E-state index contributed by atoms with van der Waals surface area (Å²) in [5.41, 5.74) is 0. The first-order chi connectivity index (χ1) is 11.2. The van der Waals surface area contributed by atoms with Gasteiger partial charge in [-0.25, -0.2) is 0 Å². The van der Waals surface area contributed by atoms with Crippen LogP contribution < -0.4 is 0 Å². The second kappa shape index (κ2) is 33.5. The molecule has 0 fully saturated rings. The maximum Gasteiger partial charge on any atom is 0.0466 e. The first-order valence-electron chi connectivity index (χ1n) is 9.97. The molecule has 0 rings (SSSR count). The smallest absolute Gasteiger partial charge is 0.0466 e. The van der Waals surface area contributed by atoms with Crippen LogP contribution in [0.25, 0.3) is 0 Å². The van der Waals surface area contributed by atoms with Crippen molar-refractivity contribution in [1.29, 1.82) is 0 Å². The minimum Gasteiger partial charge on any atom is -0.382 e. The molecule has 0 radical (unpaired) electrons. The van der Waals surface area contributed by atoms with E-state index in [-0.39, 0.29) is 0 Å². The van der Waals surface area contributed by atoms with Gasteiger partial charge in [0.25, 0.3) is 0 Å². The van der Waals surface area contributed by atoms with Gasteiger partial charge in [0, 0.05) is 39.6 Å². The fraction of sp³-hybridized carbons (Fsp3) is 1.00. The van der Waals surface area contributed by atoms with E-state index in [1.165, 1.54) is 51.4 Å². The van der Waals surface area contributed by atoms with Crippen LogP contribution in [-0.2, 0) is 14.2 Å². The predicted molar refractivity (Wildman–Crippen MR) is 103 cm³/mol. The molecule has 0 aromatic carbocycles. The van der Waals surface area contributed by atoms with E-state index in [0.717, 1.165) is 39.6 Å². The largest absolute Gasteiger partial charge is 0.382 e. The van der Waals surface area contributed by atoms with Crippen LogP contribution in [-0.4, -0.2) is 39.6 Å². The van der Waals surface area contributed by atoms with Crippen LogP contribution in [0.3, 0.4) is 0 Å². The van der Waals surface area contributed by atoms with Crippen molar-refractivity contribution in [2.45, 2.75) is 92.9 Å². The van der Waals surface area contributed by atoms with E-state index in [4.69, 9.17) is 14.2 Å². The highest BCUT2D eigenvalue weighted by molar-refractivity contribution is 4.41. The lowest BCUT2D eigenvalue weighted by molar-refractivity contribution is 0.126. The summed E-state index contributed by atoms with van der Waals surface area (Å²) >= 11 is 0.